The van der Waals surface area contributed by atoms with E-state index in [2.05, 4.69) is 21.2 Å². The number of nitrogens with one attached hydrogen (secondary N) is 1. The van der Waals surface area contributed by atoms with Crippen LogP contribution in [0.4, 0.5) is 5.69 Å². The molecule has 1 amide bonds. The van der Waals surface area contributed by atoms with Crippen molar-refractivity contribution in [3.05, 3.63) is 28.8 Å². The molecule has 0 saturated heterocycles. The molecular weight excluding hydrogens is 318 g/mol. The molecule has 1 heterocycles. The van der Waals surface area contributed by atoms with Gasteiger partial charge in [0.25, 0.3) is 0 Å². The van der Waals surface area contributed by atoms with E-state index in [1.54, 1.807) is 12.1 Å². The number of amides is 1. The predicted molar refractivity (Wildman–Crippen MR) is 67.9 cm³/mol. The number of carbonyl (C=O) groups is 2. The first-order chi connectivity index (χ1) is 9.06. The molecule has 0 bridgehead atoms. The number of benzene rings is 1. The van der Waals surface area contributed by atoms with Gasteiger partial charge in [0.1, 0.15) is 13.2 Å². The van der Waals surface area contributed by atoms with Gasteiger partial charge in [-0.05, 0) is 22.0 Å². The average Bonchev–Trinajstić information content (AvgIpc) is 2.37. The molecule has 1 aliphatic rings. The van der Waals surface area contributed by atoms with Crippen LogP contribution >= 0.6 is 15.9 Å². The van der Waals surface area contributed by atoms with E-state index in [1.165, 1.54) is 0 Å². The highest BCUT2D eigenvalue weighted by Crippen LogP contribution is 2.38. The first kappa shape index (κ1) is 13.4. The van der Waals surface area contributed by atoms with E-state index >= 15 is 0 Å². The van der Waals surface area contributed by atoms with E-state index < -0.39 is 11.9 Å². The van der Waals surface area contributed by atoms with Gasteiger partial charge in [0.15, 0.2) is 11.5 Å². The number of carbonyl (C=O) groups excluding carboxylic acids is 2. The molecule has 0 aliphatic carbocycles. The third kappa shape index (κ3) is 3.47. The first-order valence-corrected chi connectivity index (χ1v) is 6.15. The van der Waals surface area contributed by atoms with Crippen molar-refractivity contribution < 1.29 is 24.2 Å². The van der Waals surface area contributed by atoms with Crippen molar-refractivity contribution in [1.82, 2.24) is 0 Å². The highest BCUT2D eigenvalue weighted by Gasteiger charge is 2.15. The van der Waals surface area contributed by atoms with Gasteiger partial charge in [-0.25, -0.2) is 0 Å². The zero-order valence-corrected chi connectivity index (χ0v) is 11.2. The largest absolute Gasteiger partial charge is 0.545 e. The minimum absolute atomic E-state index is 0.437. The molecule has 1 aromatic carbocycles. The van der Waals surface area contributed by atoms with Gasteiger partial charge in [0.2, 0.25) is 5.91 Å². The molecule has 0 aromatic heterocycles. The van der Waals surface area contributed by atoms with Crippen molar-refractivity contribution in [3.63, 3.8) is 0 Å². The molecule has 100 valence electrons. The van der Waals surface area contributed by atoms with Gasteiger partial charge >= 0.3 is 0 Å². The molecule has 1 N–H and O–H groups in total. The lowest BCUT2D eigenvalue weighted by Crippen LogP contribution is -2.20. The third-order valence-electron chi connectivity index (χ3n) is 2.26. The number of hydrogen-bond acceptors (Lipinski definition) is 5. The van der Waals surface area contributed by atoms with Crippen LogP contribution in [0, 0.1) is 0 Å². The van der Waals surface area contributed by atoms with Gasteiger partial charge in [-0.3, -0.25) is 4.79 Å². The minimum Gasteiger partial charge on any atom is -0.545 e. The predicted octanol–water partition coefficient (Wildman–Crippen LogP) is 0.465. The van der Waals surface area contributed by atoms with Gasteiger partial charge in [-0.1, -0.05) is 0 Å². The second-order valence-corrected chi connectivity index (χ2v) is 4.47. The Morgan fingerprint density at radius 2 is 1.84 bits per heavy atom. The zero-order chi connectivity index (χ0) is 13.8. The summed E-state index contributed by atoms with van der Waals surface area (Å²) in [5.41, 5.74) is 0.456. The Labute approximate surface area is 117 Å². The molecule has 0 fully saturated rings. The second kappa shape index (κ2) is 5.75. The van der Waals surface area contributed by atoms with E-state index in [9.17, 15) is 14.7 Å². The summed E-state index contributed by atoms with van der Waals surface area (Å²) in [7, 11) is 0. The Morgan fingerprint density at radius 3 is 2.47 bits per heavy atom. The van der Waals surface area contributed by atoms with Crippen molar-refractivity contribution in [3.8, 4) is 11.5 Å². The van der Waals surface area contributed by atoms with Gasteiger partial charge in [0.05, 0.1) is 11.7 Å². The molecule has 7 heteroatoms. The SMILES string of the molecule is O=C([O-])/C=C/C(=O)Nc1cc2c(cc1Br)OCCO2. The molecule has 2 rings (SSSR count). The average molecular weight is 327 g/mol. The van der Waals surface area contributed by atoms with Crippen molar-refractivity contribution >= 4 is 33.5 Å². The summed E-state index contributed by atoms with van der Waals surface area (Å²) in [6.45, 7) is 0.909. The Kier molecular flexibility index (Phi) is 4.06. The van der Waals surface area contributed by atoms with Crippen LogP contribution in [0.25, 0.3) is 0 Å². The van der Waals surface area contributed by atoms with Crippen molar-refractivity contribution in [1.29, 1.82) is 0 Å². The molecule has 0 saturated carbocycles. The van der Waals surface area contributed by atoms with Crippen LogP contribution in [-0.2, 0) is 9.59 Å². The summed E-state index contributed by atoms with van der Waals surface area (Å²) in [4.78, 5) is 21.6. The monoisotopic (exact) mass is 326 g/mol. The molecule has 6 nitrogen and oxygen atoms in total. The Balaban J connectivity index is 2.16. The number of ether oxygens (including phenoxy) is 2. The number of halogens is 1. The lowest BCUT2D eigenvalue weighted by atomic mass is 10.2. The van der Waals surface area contributed by atoms with Crippen LogP contribution < -0.4 is 19.9 Å². The lowest BCUT2D eigenvalue weighted by Gasteiger charge is -2.19. The highest BCUT2D eigenvalue weighted by atomic mass is 79.9. The zero-order valence-electron chi connectivity index (χ0n) is 9.64. The summed E-state index contributed by atoms with van der Waals surface area (Å²) in [6, 6.07) is 3.27. The van der Waals surface area contributed by atoms with Crippen LogP contribution in [0.3, 0.4) is 0 Å². The molecule has 0 unspecified atom stereocenters. The number of anilines is 1. The minimum atomic E-state index is -1.43. The number of rotatable bonds is 3. The fourth-order valence-electron chi connectivity index (χ4n) is 1.48. The number of carboxylic acids is 1. The molecule has 0 radical (unpaired) electrons. The van der Waals surface area contributed by atoms with E-state index in [4.69, 9.17) is 9.47 Å². The van der Waals surface area contributed by atoms with Gasteiger partial charge < -0.3 is 24.7 Å². The molecule has 1 aromatic rings. The van der Waals surface area contributed by atoms with E-state index in [0.29, 0.717) is 40.9 Å². The summed E-state index contributed by atoms with van der Waals surface area (Å²) in [6.07, 6.45) is 1.53. The molecular formula is C12H9BrNO5-. The second-order valence-electron chi connectivity index (χ2n) is 3.62. The van der Waals surface area contributed by atoms with E-state index in [1.807, 2.05) is 0 Å². The third-order valence-corrected chi connectivity index (χ3v) is 2.92. The maximum atomic E-state index is 11.5. The van der Waals surface area contributed by atoms with Crippen LogP contribution in [0.5, 0.6) is 11.5 Å². The quantitative estimate of drug-likeness (QED) is 0.815. The number of carboxylic acid groups (broad SMARTS) is 1. The van der Waals surface area contributed by atoms with E-state index in [-0.39, 0.29) is 0 Å². The number of fused-ring (bicyclic) bond motifs is 1. The maximum absolute atomic E-state index is 11.5. The van der Waals surface area contributed by atoms with Crippen molar-refractivity contribution in [2.75, 3.05) is 18.5 Å². The smallest absolute Gasteiger partial charge is 0.248 e. The normalized spacial score (nSPS) is 13.3. The van der Waals surface area contributed by atoms with Gasteiger partial charge in [-0.15, -0.1) is 0 Å². The van der Waals surface area contributed by atoms with Crippen LogP contribution in [0.15, 0.2) is 28.8 Å². The topological polar surface area (TPSA) is 87.7 Å². The van der Waals surface area contributed by atoms with Crippen LogP contribution in [0.1, 0.15) is 0 Å². The molecule has 1 aliphatic heterocycles. The van der Waals surface area contributed by atoms with Crippen molar-refractivity contribution in [2.24, 2.45) is 0 Å². The molecule has 19 heavy (non-hydrogen) atoms. The standard InChI is InChI=1S/C12H10BrNO5/c13-7-5-9-10(19-4-3-18-9)6-8(7)14-11(15)1-2-12(16)17/h1-2,5-6H,3-4H2,(H,14,15)(H,16,17)/p-1/b2-1+. The fraction of sp³-hybridized carbons (Fsp3) is 0.167. The first-order valence-electron chi connectivity index (χ1n) is 5.35. The van der Waals surface area contributed by atoms with Gasteiger partial charge in [-0.2, -0.15) is 0 Å². The fourth-order valence-corrected chi connectivity index (χ4v) is 1.90. The van der Waals surface area contributed by atoms with Crippen LogP contribution in [-0.4, -0.2) is 25.1 Å². The Morgan fingerprint density at radius 1 is 1.21 bits per heavy atom. The summed E-state index contributed by atoms with van der Waals surface area (Å²) < 4.78 is 11.4. The summed E-state index contributed by atoms with van der Waals surface area (Å²) in [5, 5.41) is 12.7. The molecule has 0 atom stereocenters. The van der Waals surface area contributed by atoms with Crippen LogP contribution in [0.2, 0.25) is 0 Å². The van der Waals surface area contributed by atoms with E-state index in [0.717, 1.165) is 6.08 Å². The highest BCUT2D eigenvalue weighted by molar-refractivity contribution is 9.10. The summed E-state index contributed by atoms with van der Waals surface area (Å²) in [5.74, 6) is -0.909. The lowest BCUT2D eigenvalue weighted by molar-refractivity contribution is -0.297. The Bertz CT molecular complexity index is 555. The van der Waals surface area contributed by atoms with Crippen molar-refractivity contribution in [2.45, 2.75) is 0 Å². The van der Waals surface area contributed by atoms with Gasteiger partial charge in [0, 0.05) is 22.7 Å². The maximum Gasteiger partial charge on any atom is 0.248 e. The molecule has 0 spiro atoms. The number of aliphatic carboxylic acids is 1. The number of hydrogen-bond donors (Lipinski definition) is 1. The summed E-state index contributed by atoms with van der Waals surface area (Å²) >= 11 is 3.28. The Hall–Kier alpha value is -2.02.